The molecule has 0 aliphatic rings. The van der Waals surface area contributed by atoms with Crippen LogP contribution in [0.5, 0.6) is 0 Å². The molecular formula is C6H12NO3P. The molecule has 0 rings (SSSR count). The normalized spacial score (nSPS) is 12.5. The number of carboxylic acid groups (broad SMARTS) is 1. The Morgan fingerprint density at radius 1 is 1.64 bits per heavy atom. The van der Waals surface area contributed by atoms with Crippen LogP contribution in [0.3, 0.4) is 0 Å². The molecular weight excluding hydrogens is 165 g/mol. The molecule has 0 heterocycles. The van der Waals surface area contributed by atoms with Crippen LogP contribution >= 0.6 is 9.24 Å². The second-order valence-corrected chi connectivity index (χ2v) is 2.75. The summed E-state index contributed by atoms with van der Waals surface area (Å²) in [6.45, 7) is 0. The molecule has 0 bridgehead atoms. The van der Waals surface area contributed by atoms with Crippen LogP contribution in [-0.4, -0.2) is 29.7 Å². The Kier molecular flexibility index (Phi) is 4.99. The summed E-state index contributed by atoms with van der Waals surface area (Å²) in [5.41, 5.74) is -0.103. The number of rotatable bonds is 5. The maximum atomic E-state index is 10.7. The number of carbonyl (C=O) groups excluding carboxylic acids is 1. The summed E-state index contributed by atoms with van der Waals surface area (Å²) in [7, 11) is 3.66. The summed E-state index contributed by atoms with van der Waals surface area (Å²) in [4.78, 5) is 20.8. The monoisotopic (exact) mass is 177 g/mol. The highest BCUT2D eigenvalue weighted by molar-refractivity contribution is 7.40. The molecule has 0 spiro atoms. The molecule has 1 unspecified atom stereocenters. The zero-order valence-electron chi connectivity index (χ0n) is 6.33. The molecule has 0 aromatic carbocycles. The van der Waals surface area contributed by atoms with Gasteiger partial charge in [0.15, 0.2) is 5.52 Å². The van der Waals surface area contributed by atoms with Gasteiger partial charge in [-0.05, 0) is 13.5 Å². The summed E-state index contributed by atoms with van der Waals surface area (Å²) in [6, 6.07) is -0.351. The minimum absolute atomic E-state index is 0.0195. The maximum absolute atomic E-state index is 10.7. The molecule has 0 saturated carbocycles. The first-order valence-corrected chi connectivity index (χ1v) is 3.84. The molecule has 0 saturated heterocycles. The first-order valence-electron chi connectivity index (χ1n) is 3.26. The lowest BCUT2D eigenvalue weighted by Gasteiger charge is -2.09. The van der Waals surface area contributed by atoms with Crippen molar-refractivity contribution in [1.29, 1.82) is 0 Å². The van der Waals surface area contributed by atoms with Crippen molar-refractivity contribution in [3.05, 3.63) is 0 Å². The van der Waals surface area contributed by atoms with Crippen LogP contribution in [0, 0.1) is 0 Å². The summed E-state index contributed by atoms with van der Waals surface area (Å²) in [5, 5.41) is 11.0. The van der Waals surface area contributed by atoms with E-state index in [9.17, 15) is 9.59 Å². The van der Waals surface area contributed by atoms with Gasteiger partial charge in [-0.25, -0.2) is 0 Å². The van der Waals surface area contributed by atoms with Crippen molar-refractivity contribution >= 4 is 20.7 Å². The van der Waals surface area contributed by atoms with Gasteiger partial charge in [-0.1, -0.05) is 9.24 Å². The van der Waals surface area contributed by atoms with E-state index in [1.165, 1.54) is 0 Å². The zero-order valence-corrected chi connectivity index (χ0v) is 7.49. The topological polar surface area (TPSA) is 66.4 Å². The summed E-state index contributed by atoms with van der Waals surface area (Å²) >= 11 is 0. The van der Waals surface area contributed by atoms with E-state index < -0.39 is 5.97 Å². The van der Waals surface area contributed by atoms with Gasteiger partial charge in [0.1, 0.15) is 0 Å². The Morgan fingerprint density at radius 2 is 2.18 bits per heavy atom. The molecule has 0 aliphatic carbocycles. The molecule has 11 heavy (non-hydrogen) atoms. The van der Waals surface area contributed by atoms with E-state index >= 15 is 0 Å². The highest BCUT2D eigenvalue weighted by Gasteiger charge is 2.12. The van der Waals surface area contributed by atoms with Crippen molar-refractivity contribution in [3.8, 4) is 0 Å². The quantitative estimate of drug-likeness (QED) is 0.573. The van der Waals surface area contributed by atoms with E-state index in [4.69, 9.17) is 5.11 Å². The van der Waals surface area contributed by atoms with Crippen LogP contribution in [0.4, 0.5) is 0 Å². The number of hydrogen-bond donors (Lipinski definition) is 2. The average Bonchev–Trinajstić information content (AvgIpc) is 1.87. The van der Waals surface area contributed by atoms with Gasteiger partial charge in [-0.15, -0.1) is 0 Å². The fourth-order valence-electron chi connectivity index (χ4n) is 0.697. The molecule has 0 amide bonds. The Bertz CT molecular complexity index is 160. The molecule has 4 nitrogen and oxygen atoms in total. The van der Waals surface area contributed by atoms with Crippen LogP contribution < -0.4 is 5.32 Å². The molecule has 5 heteroatoms. The van der Waals surface area contributed by atoms with E-state index in [0.29, 0.717) is 6.42 Å². The Morgan fingerprint density at radius 3 is 2.45 bits per heavy atom. The number of aliphatic carboxylic acids is 1. The predicted molar refractivity (Wildman–Crippen MR) is 44.4 cm³/mol. The lowest BCUT2D eigenvalue weighted by Crippen LogP contribution is -2.31. The first kappa shape index (κ1) is 10.5. The maximum Gasteiger partial charge on any atom is 0.303 e. The molecule has 0 fully saturated rings. The van der Waals surface area contributed by atoms with E-state index in [-0.39, 0.29) is 18.0 Å². The SMILES string of the molecule is CN[C@@H](CCC(=O)O)C(=O)P. The summed E-state index contributed by atoms with van der Waals surface area (Å²) in [5.74, 6) is -0.878. The fourth-order valence-corrected chi connectivity index (χ4v) is 1.03. The first-order chi connectivity index (χ1) is 5.07. The van der Waals surface area contributed by atoms with Gasteiger partial charge in [0.2, 0.25) is 0 Å². The molecule has 0 aromatic rings. The van der Waals surface area contributed by atoms with Crippen LogP contribution in [0.1, 0.15) is 12.8 Å². The third-order valence-electron chi connectivity index (χ3n) is 1.34. The van der Waals surface area contributed by atoms with Crippen LogP contribution in [0.15, 0.2) is 0 Å². The van der Waals surface area contributed by atoms with Crippen molar-refractivity contribution < 1.29 is 14.7 Å². The lowest BCUT2D eigenvalue weighted by molar-refractivity contribution is -0.137. The van der Waals surface area contributed by atoms with Gasteiger partial charge in [-0.3, -0.25) is 9.59 Å². The van der Waals surface area contributed by atoms with Gasteiger partial charge in [-0.2, -0.15) is 0 Å². The van der Waals surface area contributed by atoms with Gasteiger partial charge >= 0.3 is 5.97 Å². The second kappa shape index (κ2) is 5.22. The molecule has 0 aromatic heterocycles. The average molecular weight is 177 g/mol. The zero-order chi connectivity index (χ0) is 8.85. The molecule has 2 N–H and O–H groups in total. The highest BCUT2D eigenvalue weighted by atomic mass is 31.0. The van der Waals surface area contributed by atoms with Crippen molar-refractivity contribution in [3.63, 3.8) is 0 Å². The highest BCUT2D eigenvalue weighted by Crippen LogP contribution is 2.02. The van der Waals surface area contributed by atoms with E-state index in [1.807, 2.05) is 9.24 Å². The van der Waals surface area contributed by atoms with Crippen molar-refractivity contribution in [2.75, 3.05) is 7.05 Å². The van der Waals surface area contributed by atoms with Crippen LogP contribution in [0.2, 0.25) is 0 Å². The van der Waals surface area contributed by atoms with Gasteiger partial charge in [0, 0.05) is 6.42 Å². The summed E-state index contributed by atoms with van der Waals surface area (Å²) < 4.78 is 0. The number of likely N-dealkylation sites (N-methyl/N-ethyl adjacent to an activating group) is 1. The number of hydrogen-bond acceptors (Lipinski definition) is 3. The molecule has 0 aliphatic heterocycles. The predicted octanol–water partition coefficient (Wildman–Crippen LogP) is -0.159. The Labute approximate surface area is 67.6 Å². The number of nitrogens with one attached hydrogen (secondary N) is 1. The lowest BCUT2D eigenvalue weighted by atomic mass is 10.2. The Hall–Kier alpha value is -0.470. The van der Waals surface area contributed by atoms with Crippen molar-refractivity contribution in [1.82, 2.24) is 5.32 Å². The Balaban J connectivity index is 3.70. The molecule has 2 atom stereocenters. The van der Waals surface area contributed by atoms with Gasteiger partial charge < -0.3 is 10.4 Å². The standard InChI is InChI=1S/C6H12NO3P/c1-7-4(6(10)11)2-3-5(8)9/h4,7H,2-3,11H2,1H3,(H,8,9)/t4-/m0/s1. The number of carbonyl (C=O) groups is 2. The third-order valence-corrected chi connectivity index (χ3v) is 1.74. The fraction of sp³-hybridized carbons (Fsp3) is 0.667. The van der Waals surface area contributed by atoms with Crippen LogP contribution in [0.25, 0.3) is 0 Å². The largest absolute Gasteiger partial charge is 0.481 e. The summed E-state index contributed by atoms with van der Waals surface area (Å²) in [6.07, 6.45) is 0.361. The van der Waals surface area contributed by atoms with E-state index in [2.05, 4.69) is 5.32 Å². The minimum Gasteiger partial charge on any atom is -0.481 e. The van der Waals surface area contributed by atoms with Crippen LogP contribution in [-0.2, 0) is 9.59 Å². The van der Waals surface area contributed by atoms with Crippen molar-refractivity contribution in [2.24, 2.45) is 0 Å². The van der Waals surface area contributed by atoms with Gasteiger partial charge in [0.25, 0.3) is 0 Å². The van der Waals surface area contributed by atoms with E-state index in [0.717, 1.165) is 0 Å². The van der Waals surface area contributed by atoms with E-state index in [1.54, 1.807) is 7.05 Å². The molecule has 0 radical (unpaired) electrons. The van der Waals surface area contributed by atoms with Crippen molar-refractivity contribution in [2.45, 2.75) is 18.9 Å². The van der Waals surface area contributed by atoms with Gasteiger partial charge in [0.05, 0.1) is 6.04 Å². The number of carboxylic acids is 1. The third kappa shape index (κ3) is 4.87. The smallest absolute Gasteiger partial charge is 0.303 e. The minimum atomic E-state index is -0.878. The second-order valence-electron chi connectivity index (χ2n) is 2.18. The molecule has 64 valence electrons.